The van der Waals surface area contributed by atoms with Crippen LogP contribution in [0, 0.1) is 0 Å². The molecule has 0 aliphatic carbocycles. The van der Waals surface area contributed by atoms with Crippen LogP contribution in [-0.2, 0) is 10.0 Å². The zero-order valence-corrected chi connectivity index (χ0v) is 45.2. The van der Waals surface area contributed by atoms with Gasteiger partial charge in [0.2, 0.25) is 0 Å². The van der Waals surface area contributed by atoms with Gasteiger partial charge in [0.25, 0.3) is 15.9 Å². The Balaban J connectivity index is 1.45. The van der Waals surface area contributed by atoms with E-state index in [2.05, 4.69) is 18.6 Å². The maximum absolute atomic E-state index is 15.1. The molecule has 71 heavy (non-hydrogen) atoms. The zero-order valence-electron chi connectivity index (χ0n) is 44.4. The fraction of sp³-hybridized carbons (Fsp3) is 0.597. The summed E-state index contributed by atoms with van der Waals surface area (Å²) in [4.78, 5) is 43.0. The maximum Gasteiger partial charge on any atom is 0.343 e. The van der Waals surface area contributed by atoms with E-state index < -0.39 is 16.0 Å². The van der Waals surface area contributed by atoms with Crippen LogP contribution < -0.4 is 9.46 Å². The molecule has 0 bridgehead atoms. The van der Waals surface area contributed by atoms with E-state index in [-0.39, 0.29) is 39.1 Å². The molecule has 8 nitrogen and oxygen atoms in total. The van der Waals surface area contributed by atoms with E-state index in [4.69, 9.17) is 4.74 Å². The van der Waals surface area contributed by atoms with Crippen LogP contribution in [0.2, 0.25) is 0 Å². The number of carbonyl (C=O) groups excluding carboxylic acids is 3. The van der Waals surface area contributed by atoms with Crippen molar-refractivity contribution >= 4 is 44.1 Å². The van der Waals surface area contributed by atoms with Crippen molar-refractivity contribution in [3.05, 3.63) is 102 Å². The Morgan fingerprint density at radius 2 is 0.859 bits per heavy atom. The highest BCUT2D eigenvalue weighted by Crippen LogP contribution is 2.38. The van der Waals surface area contributed by atoms with E-state index in [9.17, 15) is 18.0 Å². The third kappa shape index (κ3) is 22.9. The van der Waals surface area contributed by atoms with Crippen LogP contribution in [0.4, 0.5) is 5.69 Å². The van der Waals surface area contributed by atoms with Crippen LogP contribution in [0.25, 0.3) is 10.8 Å². The van der Waals surface area contributed by atoms with E-state index in [0.717, 1.165) is 38.5 Å². The quantitative estimate of drug-likeness (QED) is 0.0205. The van der Waals surface area contributed by atoms with Crippen LogP contribution in [0.15, 0.2) is 89.8 Å². The summed E-state index contributed by atoms with van der Waals surface area (Å²) in [5.74, 6) is -1.06. The Morgan fingerprint density at radius 3 is 1.30 bits per heavy atom. The first-order chi connectivity index (χ1) is 34.7. The van der Waals surface area contributed by atoms with Gasteiger partial charge in [0.15, 0.2) is 11.5 Å². The number of fused-ring (bicyclic) bond motifs is 1. The SMILES string of the molecule is CCCCCCCCCCCCCCCCCCN(CCCCCCCCCCCCCCCCCC)C(=O)c1cc(NS(=O)(=O)c2cccc(C(C)=O)c2)c2ccccc2c1OC(=O)c1ccccc1. The van der Waals surface area contributed by atoms with Crippen LogP contribution >= 0.6 is 0 Å². The topological polar surface area (TPSA) is 110 Å². The highest BCUT2D eigenvalue weighted by atomic mass is 32.2. The van der Waals surface area contributed by atoms with Gasteiger partial charge in [-0.25, -0.2) is 13.2 Å². The zero-order chi connectivity index (χ0) is 50.8. The minimum atomic E-state index is -4.21. The highest BCUT2D eigenvalue weighted by Gasteiger charge is 2.27. The van der Waals surface area contributed by atoms with Gasteiger partial charge in [0.1, 0.15) is 0 Å². The molecule has 4 rings (SSSR count). The van der Waals surface area contributed by atoms with Crippen molar-refractivity contribution in [3.8, 4) is 5.75 Å². The Labute approximate surface area is 430 Å². The average Bonchev–Trinajstić information content (AvgIpc) is 3.38. The number of hydrogen-bond donors (Lipinski definition) is 1. The van der Waals surface area contributed by atoms with Crippen LogP contribution in [0.5, 0.6) is 5.75 Å². The molecule has 0 unspecified atom stereocenters. The molecule has 392 valence electrons. The minimum Gasteiger partial charge on any atom is -0.421 e. The smallest absolute Gasteiger partial charge is 0.343 e. The molecule has 9 heteroatoms. The van der Waals surface area contributed by atoms with Gasteiger partial charge in [0.05, 0.1) is 21.7 Å². The number of Topliss-reactive ketones (excluding diaryl/α,β-unsaturated/α-hetero) is 1. The summed E-state index contributed by atoms with van der Waals surface area (Å²) >= 11 is 0. The number of sulfonamides is 1. The van der Waals surface area contributed by atoms with Crippen LogP contribution in [-0.4, -0.2) is 44.1 Å². The first kappa shape index (κ1) is 59.1. The minimum absolute atomic E-state index is 0.0737. The van der Waals surface area contributed by atoms with E-state index >= 15 is 4.79 Å². The lowest BCUT2D eigenvalue weighted by atomic mass is 10.0. The largest absolute Gasteiger partial charge is 0.421 e. The standard InChI is InChI=1S/C62H92N2O6S/c1-4-6-8-10-12-14-16-18-20-22-24-26-28-30-32-39-48-64(49-40-33-31-29-27-25-23-21-19-17-15-13-11-9-7-5-2)61(66)58-51-59(63-71(68,69)55-45-41-44-54(50-55)52(3)65)56-46-37-38-47-57(56)60(58)70-62(67)53-42-35-34-36-43-53/h34-38,41-47,50-51,63H,4-33,39-40,48-49H2,1-3H3. The third-order valence-electron chi connectivity index (χ3n) is 14.1. The molecule has 0 aromatic heterocycles. The molecule has 0 saturated carbocycles. The number of ether oxygens (including phenoxy) is 1. The maximum atomic E-state index is 15.1. The fourth-order valence-corrected chi connectivity index (χ4v) is 10.8. The first-order valence-corrected chi connectivity index (χ1v) is 29.9. The van der Waals surface area contributed by atoms with Crippen molar-refractivity contribution in [1.82, 2.24) is 4.90 Å². The second-order valence-corrected chi connectivity index (χ2v) is 21.9. The number of nitrogens with zero attached hydrogens (tertiary/aromatic N) is 1. The van der Waals surface area contributed by atoms with Gasteiger partial charge in [-0.3, -0.25) is 14.3 Å². The fourth-order valence-electron chi connectivity index (χ4n) is 9.70. The number of rotatable bonds is 41. The number of anilines is 1. The number of ketones is 1. The Hall–Kier alpha value is -4.50. The number of esters is 1. The van der Waals surface area contributed by atoms with Crippen molar-refractivity contribution in [3.63, 3.8) is 0 Å². The van der Waals surface area contributed by atoms with E-state index in [0.29, 0.717) is 29.4 Å². The summed E-state index contributed by atoms with van der Waals surface area (Å²) in [5.41, 5.74) is 0.913. The van der Waals surface area contributed by atoms with Crippen molar-refractivity contribution in [2.24, 2.45) is 0 Å². The van der Waals surface area contributed by atoms with Crippen LogP contribution in [0.3, 0.4) is 0 Å². The molecule has 4 aromatic carbocycles. The van der Waals surface area contributed by atoms with Gasteiger partial charge < -0.3 is 9.64 Å². The average molecular weight is 993 g/mol. The summed E-state index contributed by atoms with van der Waals surface area (Å²) in [6.07, 6.45) is 40.5. The summed E-state index contributed by atoms with van der Waals surface area (Å²) < 4.78 is 37.0. The molecule has 1 amide bonds. The van der Waals surface area contributed by atoms with Gasteiger partial charge in [-0.05, 0) is 50.1 Å². The number of benzene rings is 4. The monoisotopic (exact) mass is 993 g/mol. The second kappa shape index (κ2) is 35.6. The van der Waals surface area contributed by atoms with Crippen molar-refractivity contribution < 1.29 is 27.5 Å². The number of nitrogens with one attached hydrogen (secondary N) is 1. The molecule has 0 heterocycles. The van der Waals surface area contributed by atoms with Gasteiger partial charge in [-0.2, -0.15) is 0 Å². The van der Waals surface area contributed by atoms with Gasteiger partial charge >= 0.3 is 5.97 Å². The summed E-state index contributed by atoms with van der Waals surface area (Å²) in [7, 11) is -4.21. The lowest BCUT2D eigenvalue weighted by Crippen LogP contribution is -2.33. The summed E-state index contributed by atoms with van der Waals surface area (Å²) in [5, 5.41) is 0.899. The van der Waals surface area contributed by atoms with Crippen molar-refractivity contribution in [1.29, 1.82) is 0 Å². The number of unbranched alkanes of at least 4 members (excludes halogenated alkanes) is 30. The van der Waals surface area contributed by atoms with Crippen molar-refractivity contribution in [2.45, 2.75) is 231 Å². The molecule has 0 radical (unpaired) electrons. The molecule has 0 atom stereocenters. The molecule has 0 aliphatic rings. The molecule has 0 spiro atoms. The molecule has 0 fully saturated rings. The predicted molar refractivity (Wildman–Crippen MR) is 298 cm³/mol. The molecular formula is C62H92N2O6S. The van der Waals surface area contributed by atoms with Gasteiger partial charge in [0, 0.05) is 29.4 Å². The normalized spacial score (nSPS) is 11.5. The van der Waals surface area contributed by atoms with E-state index in [1.54, 1.807) is 60.7 Å². The molecule has 0 saturated heterocycles. The predicted octanol–water partition coefficient (Wildman–Crippen LogP) is 18.0. The Kier molecular flexibility index (Phi) is 29.6. The van der Waals surface area contributed by atoms with E-state index in [1.165, 1.54) is 192 Å². The molecule has 0 aliphatic heterocycles. The number of amides is 1. The highest BCUT2D eigenvalue weighted by molar-refractivity contribution is 7.92. The van der Waals surface area contributed by atoms with Crippen molar-refractivity contribution in [2.75, 3.05) is 17.8 Å². The molecular weight excluding hydrogens is 901 g/mol. The lowest BCUT2D eigenvalue weighted by molar-refractivity contribution is 0.0714. The molecule has 1 N–H and O–H groups in total. The third-order valence-corrected chi connectivity index (χ3v) is 15.4. The summed E-state index contributed by atoms with van der Waals surface area (Å²) in [6.45, 7) is 7.04. The summed E-state index contributed by atoms with van der Waals surface area (Å²) in [6, 6.07) is 23.2. The second-order valence-electron chi connectivity index (χ2n) is 20.2. The lowest BCUT2D eigenvalue weighted by Gasteiger charge is -2.25. The first-order valence-electron chi connectivity index (χ1n) is 28.4. The van der Waals surface area contributed by atoms with Gasteiger partial charge in [-0.1, -0.05) is 261 Å². The molecule has 4 aromatic rings. The number of hydrogen-bond acceptors (Lipinski definition) is 6. The number of carbonyl (C=O) groups is 3. The van der Waals surface area contributed by atoms with Gasteiger partial charge in [-0.15, -0.1) is 0 Å². The Morgan fingerprint density at radius 1 is 0.465 bits per heavy atom. The van der Waals surface area contributed by atoms with E-state index in [1.807, 2.05) is 11.0 Å². The Bertz CT molecular complexity index is 2190. The van der Waals surface area contributed by atoms with Crippen LogP contribution in [0.1, 0.15) is 257 Å².